The summed E-state index contributed by atoms with van der Waals surface area (Å²) in [5, 5.41) is 8.67. The van der Waals surface area contributed by atoms with Crippen LogP contribution in [-0.2, 0) is 0 Å². The van der Waals surface area contributed by atoms with Crippen molar-refractivity contribution in [1.29, 1.82) is 5.41 Å². The van der Waals surface area contributed by atoms with E-state index < -0.39 is 0 Å². The van der Waals surface area contributed by atoms with Crippen molar-refractivity contribution in [3.8, 4) is 0 Å². The van der Waals surface area contributed by atoms with Crippen molar-refractivity contribution in [3.05, 3.63) is 28.8 Å². The Kier molecular flexibility index (Phi) is 2.96. The van der Waals surface area contributed by atoms with Crippen molar-refractivity contribution in [2.75, 3.05) is 11.4 Å². The Morgan fingerprint density at radius 1 is 1.33 bits per heavy atom. The van der Waals surface area contributed by atoms with Crippen LogP contribution < -0.4 is 4.90 Å². The lowest BCUT2D eigenvalue weighted by atomic mass is 10.1. The third kappa shape index (κ3) is 2.15. The van der Waals surface area contributed by atoms with Gasteiger partial charge in [0.25, 0.3) is 0 Å². The number of rotatable bonds is 1. The fourth-order valence-corrected chi connectivity index (χ4v) is 2.04. The molecule has 15 heavy (non-hydrogen) atoms. The molecule has 1 aliphatic rings. The zero-order valence-corrected chi connectivity index (χ0v) is 9.64. The Morgan fingerprint density at radius 2 is 2.13 bits per heavy atom. The Hall–Kier alpha value is -1.02. The Morgan fingerprint density at radius 3 is 2.80 bits per heavy atom. The standard InChI is InChI=1S/C12H15ClN2/c1-9-5-6-10(8-11(9)13)15-7-3-2-4-12(15)14/h5-6,8,14H,2-4,7H2,1H3. The fraction of sp³-hybridized carbons (Fsp3) is 0.417. The van der Waals surface area contributed by atoms with Crippen LogP contribution in [0.4, 0.5) is 5.69 Å². The molecule has 0 amide bonds. The van der Waals surface area contributed by atoms with Gasteiger partial charge in [-0.05, 0) is 37.5 Å². The second kappa shape index (κ2) is 4.23. The van der Waals surface area contributed by atoms with Gasteiger partial charge in [0.05, 0.1) is 0 Å². The van der Waals surface area contributed by atoms with Crippen LogP contribution in [0, 0.1) is 12.3 Å². The summed E-state index contributed by atoms with van der Waals surface area (Å²) in [5.74, 6) is 0.709. The number of nitrogens with zero attached hydrogens (tertiary/aromatic N) is 1. The largest absolute Gasteiger partial charge is 0.330 e. The van der Waals surface area contributed by atoms with Crippen LogP contribution in [-0.4, -0.2) is 12.4 Å². The molecule has 0 radical (unpaired) electrons. The van der Waals surface area contributed by atoms with Crippen molar-refractivity contribution >= 4 is 23.1 Å². The molecule has 1 N–H and O–H groups in total. The number of hydrogen-bond donors (Lipinski definition) is 1. The van der Waals surface area contributed by atoms with Gasteiger partial charge in [-0.1, -0.05) is 17.7 Å². The summed E-state index contributed by atoms with van der Waals surface area (Å²) in [6.07, 6.45) is 3.17. The third-order valence-electron chi connectivity index (χ3n) is 2.84. The van der Waals surface area contributed by atoms with Crippen LogP contribution in [0.2, 0.25) is 5.02 Å². The maximum Gasteiger partial charge on any atom is 0.100 e. The number of piperidine rings is 1. The number of hydrogen-bond acceptors (Lipinski definition) is 1. The van der Waals surface area contributed by atoms with Crippen molar-refractivity contribution < 1.29 is 0 Å². The molecule has 0 unspecified atom stereocenters. The number of benzene rings is 1. The molecule has 2 nitrogen and oxygen atoms in total. The van der Waals surface area contributed by atoms with Crippen molar-refractivity contribution in [1.82, 2.24) is 0 Å². The lowest BCUT2D eigenvalue weighted by Gasteiger charge is -2.29. The minimum atomic E-state index is 0.709. The molecular formula is C12H15ClN2. The monoisotopic (exact) mass is 222 g/mol. The van der Waals surface area contributed by atoms with Crippen LogP contribution in [0.1, 0.15) is 24.8 Å². The van der Waals surface area contributed by atoms with E-state index in [0.717, 1.165) is 42.1 Å². The molecule has 0 aromatic heterocycles. The highest BCUT2D eigenvalue weighted by Gasteiger charge is 2.16. The van der Waals surface area contributed by atoms with Gasteiger partial charge in [0.2, 0.25) is 0 Å². The van der Waals surface area contributed by atoms with E-state index >= 15 is 0 Å². The van der Waals surface area contributed by atoms with E-state index in [-0.39, 0.29) is 0 Å². The number of nitrogens with one attached hydrogen (secondary N) is 1. The maximum atomic E-state index is 7.89. The van der Waals surface area contributed by atoms with Crippen molar-refractivity contribution in [3.63, 3.8) is 0 Å². The van der Waals surface area contributed by atoms with Gasteiger partial charge >= 0.3 is 0 Å². The predicted octanol–water partition coefficient (Wildman–Crippen LogP) is 3.62. The minimum Gasteiger partial charge on any atom is -0.330 e. The van der Waals surface area contributed by atoms with Crippen molar-refractivity contribution in [2.45, 2.75) is 26.2 Å². The summed E-state index contributed by atoms with van der Waals surface area (Å²) in [4.78, 5) is 2.05. The van der Waals surface area contributed by atoms with Crippen LogP contribution in [0.15, 0.2) is 18.2 Å². The molecule has 0 bridgehead atoms. The van der Waals surface area contributed by atoms with Gasteiger partial charge in [-0.2, -0.15) is 0 Å². The van der Waals surface area contributed by atoms with E-state index in [0.29, 0.717) is 5.84 Å². The lowest BCUT2D eigenvalue weighted by molar-refractivity contribution is 0.707. The Bertz CT molecular complexity index is 387. The van der Waals surface area contributed by atoms with Gasteiger partial charge in [0.1, 0.15) is 5.84 Å². The predicted molar refractivity (Wildman–Crippen MR) is 65.1 cm³/mol. The second-order valence-corrected chi connectivity index (χ2v) is 4.40. The molecule has 1 aliphatic heterocycles. The molecule has 80 valence electrons. The van der Waals surface area contributed by atoms with Gasteiger partial charge in [-0.25, -0.2) is 0 Å². The highest BCUT2D eigenvalue weighted by atomic mass is 35.5. The van der Waals surface area contributed by atoms with Gasteiger partial charge in [0, 0.05) is 23.7 Å². The third-order valence-corrected chi connectivity index (χ3v) is 3.25. The number of anilines is 1. The first kappa shape index (κ1) is 10.5. The van der Waals surface area contributed by atoms with E-state index in [1.807, 2.05) is 25.1 Å². The van der Waals surface area contributed by atoms with Crippen LogP contribution >= 0.6 is 11.6 Å². The van der Waals surface area contributed by atoms with Gasteiger partial charge in [0.15, 0.2) is 0 Å². The zero-order chi connectivity index (χ0) is 10.8. The first-order valence-corrected chi connectivity index (χ1v) is 5.67. The second-order valence-electron chi connectivity index (χ2n) is 3.99. The van der Waals surface area contributed by atoms with E-state index in [1.165, 1.54) is 0 Å². The molecule has 2 rings (SSSR count). The Balaban J connectivity index is 2.28. The molecule has 1 fully saturated rings. The first-order chi connectivity index (χ1) is 7.18. The highest BCUT2D eigenvalue weighted by molar-refractivity contribution is 6.31. The quantitative estimate of drug-likeness (QED) is 0.772. The summed E-state index contributed by atoms with van der Waals surface area (Å²) in [6.45, 7) is 2.94. The smallest absolute Gasteiger partial charge is 0.100 e. The molecule has 0 atom stereocenters. The average molecular weight is 223 g/mol. The van der Waals surface area contributed by atoms with Crippen molar-refractivity contribution in [2.24, 2.45) is 0 Å². The summed E-state index contributed by atoms with van der Waals surface area (Å²) in [5.41, 5.74) is 2.14. The number of amidine groups is 1. The molecule has 1 aromatic rings. The summed E-state index contributed by atoms with van der Waals surface area (Å²) >= 11 is 6.08. The number of halogens is 1. The van der Waals surface area contributed by atoms with E-state index in [4.69, 9.17) is 17.0 Å². The molecule has 1 saturated heterocycles. The molecule has 0 aliphatic carbocycles. The molecular weight excluding hydrogens is 208 g/mol. The SMILES string of the molecule is Cc1ccc(N2CCCCC2=N)cc1Cl. The molecule has 0 saturated carbocycles. The fourth-order valence-electron chi connectivity index (χ4n) is 1.87. The lowest BCUT2D eigenvalue weighted by Crippen LogP contribution is -2.34. The summed E-state index contributed by atoms with van der Waals surface area (Å²) < 4.78 is 0. The van der Waals surface area contributed by atoms with Crippen LogP contribution in [0.5, 0.6) is 0 Å². The molecule has 0 spiro atoms. The molecule has 3 heteroatoms. The first-order valence-electron chi connectivity index (χ1n) is 5.29. The van der Waals surface area contributed by atoms with E-state index in [9.17, 15) is 0 Å². The highest BCUT2D eigenvalue weighted by Crippen LogP contribution is 2.26. The van der Waals surface area contributed by atoms with Crippen LogP contribution in [0.3, 0.4) is 0 Å². The zero-order valence-electron chi connectivity index (χ0n) is 8.89. The van der Waals surface area contributed by atoms with E-state index in [2.05, 4.69) is 4.90 Å². The Labute approximate surface area is 95.4 Å². The molecule has 1 aromatic carbocycles. The summed E-state index contributed by atoms with van der Waals surface area (Å²) in [6, 6.07) is 6.01. The topological polar surface area (TPSA) is 27.1 Å². The number of aryl methyl sites for hydroxylation is 1. The van der Waals surface area contributed by atoms with Gasteiger partial charge in [-0.3, -0.25) is 5.41 Å². The van der Waals surface area contributed by atoms with Gasteiger partial charge < -0.3 is 4.90 Å². The van der Waals surface area contributed by atoms with E-state index in [1.54, 1.807) is 0 Å². The minimum absolute atomic E-state index is 0.709. The molecule has 1 heterocycles. The maximum absolute atomic E-state index is 7.89. The average Bonchev–Trinajstić information content (AvgIpc) is 2.23. The van der Waals surface area contributed by atoms with Crippen LogP contribution in [0.25, 0.3) is 0 Å². The summed E-state index contributed by atoms with van der Waals surface area (Å²) in [7, 11) is 0. The normalized spacial score (nSPS) is 16.9. The van der Waals surface area contributed by atoms with Gasteiger partial charge in [-0.15, -0.1) is 0 Å².